The van der Waals surface area contributed by atoms with Crippen LogP contribution in [0.1, 0.15) is 41.2 Å². The van der Waals surface area contributed by atoms with E-state index in [9.17, 15) is 9.59 Å². The van der Waals surface area contributed by atoms with Crippen LogP contribution in [-0.2, 0) is 11.3 Å². The van der Waals surface area contributed by atoms with Gasteiger partial charge in [0.1, 0.15) is 11.3 Å². The van der Waals surface area contributed by atoms with Gasteiger partial charge in [-0.05, 0) is 33.3 Å². The van der Waals surface area contributed by atoms with E-state index < -0.39 is 17.4 Å². The average Bonchev–Trinajstić information content (AvgIpc) is 3.41. The lowest BCUT2D eigenvalue weighted by atomic mass is 10.0. The molecular formula is C25H26N6O3. The SMILES string of the molecule is Cc1ccc(-c2nc(NC(=O)C(C)(C)NC(=O)c3cc(C)on3)nn2Cc2ccccc2)cc1. The molecule has 0 fully saturated rings. The van der Waals surface area contributed by atoms with E-state index in [4.69, 9.17) is 4.52 Å². The summed E-state index contributed by atoms with van der Waals surface area (Å²) in [6.07, 6.45) is 0. The van der Waals surface area contributed by atoms with Gasteiger partial charge in [0, 0.05) is 11.6 Å². The number of nitrogens with one attached hydrogen (secondary N) is 2. The van der Waals surface area contributed by atoms with Crippen LogP contribution in [0.25, 0.3) is 11.4 Å². The minimum absolute atomic E-state index is 0.102. The minimum Gasteiger partial charge on any atom is -0.361 e. The number of amides is 2. The molecule has 2 aromatic carbocycles. The lowest BCUT2D eigenvalue weighted by molar-refractivity contribution is -0.121. The van der Waals surface area contributed by atoms with Gasteiger partial charge in [0.2, 0.25) is 5.95 Å². The molecule has 0 unspecified atom stereocenters. The fourth-order valence-corrected chi connectivity index (χ4v) is 3.31. The number of nitrogens with zero attached hydrogens (tertiary/aromatic N) is 4. The van der Waals surface area contributed by atoms with Crippen molar-refractivity contribution in [3.8, 4) is 11.4 Å². The highest BCUT2D eigenvalue weighted by atomic mass is 16.5. The van der Waals surface area contributed by atoms with E-state index in [0.29, 0.717) is 18.1 Å². The van der Waals surface area contributed by atoms with Crippen LogP contribution < -0.4 is 10.6 Å². The van der Waals surface area contributed by atoms with Gasteiger partial charge >= 0.3 is 0 Å². The molecule has 9 nitrogen and oxygen atoms in total. The highest BCUT2D eigenvalue weighted by Gasteiger charge is 2.32. The minimum atomic E-state index is -1.25. The third kappa shape index (κ3) is 5.20. The van der Waals surface area contributed by atoms with Crippen LogP contribution in [0.2, 0.25) is 0 Å². The van der Waals surface area contributed by atoms with Crippen LogP contribution in [-0.4, -0.2) is 37.3 Å². The van der Waals surface area contributed by atoms with Gasteiger partial charge in [-0.3, -0.25) is 14.9 Å². The Hall–Kier alpha value is -4.27. The average molecular weight is 459 g/mol. The molecule has 4 aromatic rings. The predicted molar refractivity (Wildman–Crippen MR) is 127 cm³/mol. The molecule has 2 heterocycles. The number of hydrogen-bond acceptors (Lipinski definition) is 6. The van der Waals surface area contributed by atoms with Gasteiger partial charge in [0.05, 0.1) is 6.54 Å². The third-order valence-electron chi connectivity index (χ3n) is 5.24. The molecule has 34 heavy (non-hydrogen) atoms. The normalized spacial score (nSPS) is 11.3. The van der Waals surface area contributed by atoms with Crippen molar-refractivity contribution >= 4 is 17.8 Å². The van der Waals surface area contributed by atoms with Crippen molar-refractivity contribution in [1.82, 2.24) is 25.2 Å². The molecule has 0 saturated heterocycles. The number of benzene rings is 2. The Kier molecular flexibility index (Phi) is 6.27. The smallest absolute Gasteiger partial charge is 0.274 e. The zero-order chi connectivity index (χ0) is 24.3. The van der Waals surface area contributed by atoms with Crippen LogP contribution >= 0.6 is 0 Å². The van der Waals surface area contributed by atoms with Crippen molar-refractivity contribution in [2.45, 2.75) is 39.8 Å². The molecule has 0 aliphatic heterocycles. The Morgan fingerprint density at radius 2 is 1.74 bits per heavy atom. The number of hydrogen-bond donors (Lipinski definition) is 2. The number of carbonyl (C=O) groups is 2. The van der Waals surface area contributed by atoms with E-state index >= 15 is 0 Å². The van der Waals surface area contributed by atoms with Crippen molar-refractivity contribution in [3.05, 3.63) is 83.2 Å². The number of carbonyl (C=O) groups excluding carboxylic acids is 2. The second-order valence-corrected chi connectivity index (χ2v) is 8.62. The molecule has 9 heteroatoms. The summed E-state index contributed by atoms with van der Waals surface area (Å²) >= 11 is 0. The Morgan fingerprint density at radius 1 is 1.03 bits per heavy atom. The van der Waals surface area contributed by atoms with Crippen LogP contribution in [0.5, 0.6) is 0 Å². The van der Waals surface area contributed by atoms with Gasteiger partial charge in [0.15, 0.2) is 11.5 Å². The first-order valence-corrected chi connectivity index (χ1v) is 10.8. The van der Waals surface area contributed by atoms with Gasteiger partial charge in [0.25, 0.3) is 11.8 Å². The van der Waals surface area contributed by atoms with Crippen LogP contribution in [0.15, 0.2) is 65.2 Å². The molecule has 0 aliphatic rings. The highest BCUT2D eigenvalue weighted by Crippen LogP contribution is 2.21. The summed E-state index contributed by atoms with van der Waals surface area (Å²) in [7, 11) is 0. The molecule has 0 aliphatic carbocycles. The quantitative estimate of drug-likeness (QED) is 0.436. The summed E-state index contributed by atoms with van der Waals surface area (Å²) in [5.41, 5.74) is 1.91. The van der Waals surface area contributed by atoms with E-state index in [2.05, 4.69) is 25.9 Å². The summed E-state index contributed by atoms with van der Waals surface area (Å²) in [6.45, 7) is 7.37. The first-order valence-electron chi connectivity index (χ1n) is 10.8. The van der Waals surface area contributed by atoms with Gasteiger partial charge in [-0.1, -0.05) is 65.3 Å². The standard InChI is InChI=1S/C25H26N6O3/c1-16-10-12-19(13-11-16)21-26-24(29-31(21)15-18-8-6-5-7-9-18)27-23(33)25(3,4)28-22(32)20-14-17(2)34-30-20/h5-14H,15H2,1-4H3,(H,28,32)(H,27,29,33). The summed E-state index contributed by atoms with van der Waals surface area (Å²) in [5, 5.41) is 13.6. The molecule has 0 bridgehead atoms. The molecule has 2 aromatic heterocycles. The molecule has 174 valence electrons. The lowest BCUT2D eigenvalue weighted by Crippen LogP contribution is -2.52. The monoisotopic (exact) mass is 458 g/mol. The van der Waals surface area contributed by atoms with Gasteiger partial charge in [-0.15, -0.1) is 5.10 Å². The Morgan fingerprint density at radius 3 is 2.38 bits per heavy atom. The maximum Gasteiger partial charge on any atom is 0.274 e. The molecule has 2 amide bonds. The largest absolute Gasteiger partial charge is 0.361 e. The molecule has 0 saturated carbocycles. The number of aryl methyl sites for hydroxylation is 2. The summed E-state index contributed by atoms with van der Waals surface area (Å²) < 4.78 is 6.69. The second kappa shape index (κ2) is 9.30. The fraction of sp³-hybridized carbons (Fsp3) is 0.240. The third-order valence-corrected chi connectivity index (χ3v) is 5.24. The summed E-state index contributed by atoms with van der Waals surface area (Å²) in [6, 6.07) is 19.3. The van der Waals surface area contributed by atoms with Crippen LogP contribution in [0.4, 0.5) is 5.95 Å². The zero-order valence-electron chi connectivity index (χ0n) is 19.5. The fourth-order valence-electron chi connectivity index (χ4n) is 3.31. The summed E-state index contributed by atoms with van der Waals surface area (Å²) in [5.74, 6) is 0.299. The zero-order valence-corrected chi connectivity index (χ0v) is 19.5. The van der Waals surface area contributed by atoms with E-state index in [-0.39, 0.29) is 11.6 Å². The van der Waals surface area contributed by atoms with E-state index in [1.165, 1.54) is 6.07 Å². The molecule has 0 radical (unpaired) electrons. The van der Waals surface area contributed by atoms with E-state index in [0.717, 1.165) is 16.7 Å². The first kappa shape index (κ1) is 22.9. The molecule has 0 spiro atoms. The molecular weight excluding hydrogens is 432 g/mol. The van der Waals surface area contributed by atoms with Gasteiger partial charge in [-0.2, -0.15) is 4.98 Å². The van der Waals surface area contributed by atoms with Crippen molar-refractivity contribution < 1.29 is 14.1 Å². The van der Waals surface area contributed by atoms with Crippen LogP contribution in [0.3, 0.4) is 0 Å². The Balaban J connectivity index is 1.57. The first-order chi connectivity index (χ1) is 16.2. The molecule has 2 N–H and O–H groups in total. The highest BCUT2D eigenvalue weighted by molar-refractivity contribution is 6.02. The maximum atomic E-state index is 13.0. The van der Waals surface area contributed by atoms with E-state index in [1.54, 1.807) is 25.5 Å². The van der Waals surface area contributed by atoms with E-state index in [1.807, 2.05) is 61.5 Å². The number of rotatable bonds is 7. The van der Waals surface area contributed by atoms with Crippen molar-refractivity contribution in [2.75, 3.05) is 5.32 Å². The van der Waals surface area contributed by atoms with Crippen molar-refractivity contribution in [1.29, 1.82) is 0 Å². The maximum absolute atomic E-state index is 13.0. The number of aromatic nitrogens is 4. The predicted octanol–water partition coefficient (Wildman–Crippen LogP) is 3.75. The molecule has 4 rings (SSSR count). The lowest BCUT2D eigenvalue weighted by Gasteiger charge is -2.23. The second-order valence-electron chi connectivity index (χ2n) is 8.62. The van der Waals surface area contributed by atoms with Gasteiger partial charge in [-0.25, -0.2) is 4.68 Å². The number of anilines is 1. The van der Waals surface area contributed by atoms with Gasteiger partial charge < -0.3 is 9.84 Å². The van der Waals surface area contributed by atoms with Crippen molar-refractivity contribution in [3.63, 3.8) is 0 Å². The Labute approximate surface area is 197 Å². The summed E-state index contributed by atoms with van der Waals surface area (Å²) in [4.78, 5) is 30.0. The topological polar surface area (TPSA) is 115 Å². The van der Waals surface area contributed by atoms with Crippen molar-refractivity contribution in [2.24, 2.45) is 0 Å². The molecule has 0 atom stereocenters. The van der Waals surface area contributed by atoms with Crippen LogP contribution in [0, 0.1) is 13.8 Å². The Bertz CT molecular complexity index is 1310.